The zero-order valence-electron chi connectivity index (χ0n) is 19.9. The van der Waals surface area contributed by atoms with Gasteiger partial charge in [0.2, 0.25) is 0 Å². The van der Waals surface area contributed by atoms with E-state index in [0.717, 1.165) is 9.87 Å². The average molecular weight is 510 g/mol. The summed E-state index contributed by atoms with van der Waals surface area (Å²) in [5.74, 6) is -0.517. The molecule has 0 spiro atoms. The van der Waals surface area contributed by atoms with E-state index in [9.17, 15) is 18.0 Å². The topological polar surface area (TPSA) is 114 Å². The van der Waals surface area contributed by atoms with Gasteiger partial charge in [0, 0.05) is 18.7 Å². The Balaban J connectivity index is 1.68. The number of sulfonamides is 1. The molecule has 0 aromatic heterocycles. The fraction of sp³-hybridized carbons (Fsp3) is 0.231. The summed E-state index contributed by atoms with van der Waals surface area (Å²) in [5.41, 5.74) is 1.36. The van der Waals surface area contributed by atoms with Gasteiger partial charge in [-0.05, 0) is 42.8 Å². The zero-order chi connectivity index (χ0) is 25.7. The maximum Gasteiger partial charge on any atom is 0.268 e. The summed E-state index contributed by atoms with van der Waals surface area (Å²) >= 11 is 0. The first-order valence-electron chi connectivity index (χ1n) is 11.4. The smallest absolute Gasteiger partial charge is 0.268 e. The number of methoxy groups -OCH3 is 1. The van der Waals surface area contributed by atoms with E-state index in [4.69, 9.17) is 9.47 Å². The highest BCUT2D eigenvalue weighted by Gasteiger charge is 2.38. The Morgan fingerprint density at radius 3 is 2.47 bits per heavy atom. The maximum absolute atomic E-state index is 13.9. The Morgan fingerprint density at radius 1 is 1.03 bits per heavy atom. The van der Waals surface area contributed by atoms with Crippen molar-refractivity contribution < 1.29 is 27.5 Å². The van der Waals surface area contributed by atoms with Crippen molar-refractivity contribution in [2.75, 3.05) is 24.5 Å². The molecule has 0 radical (unpaired) electrons. The molecular weight excluding hydrogens is 482 g/mol. The van der Waals surface area contributed by atoms with Gasteiger partial charge < -0.3 is 20.1 Å². The molecule has 4 rings (SSSR count). The van der Waals surface area contributed by atoms with Crippen molar-refractivity contribution >= 4 is 27.5 Å². The lowest BCUT2D eigenvalue weighted by Gasteiger charge is -2.35. The first-order valence-corrected chi connectivity index (χ1v) is 12.9. The lowest BCUT2D eigenvalue weighted by molar-refractivity contribution is -0.127. The Hall–Kier alpha value is -4.05. The number of ether oxygens (including phenoxy) is 2. The second kappa shape index (κ2) is 10.7. The van der Waals surface area contributed by atoms with Crippen LogP contribution in [0.15, 0.2) is 77.7 Å². The van der Waals surface area contributed by atoms with Crippen LogP contribution in [0.5, 0.6) is 11.5 Å². The van der Waals surface area contributed by atoms with Crippen molar-refractivity contribution in [2.45, 2.75) is 24.5 Å². The van der Waals surface area contributed by atoms with Gasteiger partial charge in [0.05, 0.1) is 19.3 Å². The monoisotopic (exact) mass is 509 g/mol. The lowest BCUT2D eigenvalue weighted by Crippen LogP contribution is -2.50. The van der Waals surface area contributed by atoms with Gasteiger partial charge in [-0.25, -0.2) is 8.42 Å². The lowest BCUT2D eigenvalue weighted by atomic mass is 10.2. The normalized spacial score (nSPS) is 14.8. The zero-order valence-corrected chi connectivity index (χ0v) is 20.7. The van der Waals surface area contributed by atoms with Gasteiger partial charge in [-0.2, -0.15) is 0 Å². The highest BCUT2D eigenvalue weighted by atomic mass is 32.2. The Labute approximate surface area is 210 Å². The van der Waals surface area contributed by atoms with E-state index < -0.39 is 27.9 Å². The molecule has 2 amide bonds. The van der Waals surface area contributed by atoms with E-state index in [1.54, 1.807) is 31.2 Å². The van der Waals surface area contributed by atoms with E-state index in [1.165, 1.54) is 25.3 Å². The molecule has 0 unspecified atom stereocenters. The van der Waals surface area contributed by atoms with Crippen LogP contribution in [0.3, 0.4) is 0 Å². The number of fused-ring (bicyclic) bond motifs is 1. The molecule has 1 atom stereocenters. The predicted molar refractivity (Wildman–Crippen MR) is 135 cm³/mol. The summed E-state index contributed by atoms with van der Waals surface area (Å²) < 4.78 is 40.2. The third-order valence-electron chi connectivity index (χ3n) is 5.67. The van der Waals surface area contributed by atoms with E-state index in [0.29, 0.717) is 6.54 Å². The fourth-order valence-electron chi connectivity index (χ4n) is 3.87. The molecule has 0 aliphatic carbocycles. The summed E-state index contributed by atoms with van der Waals surface area (Å²) in [7, 11) is -2.90. The van der Waals surface area contributed by atoms with Crippen LogP contribution in [0.1, 0.15) is 22.8 Å². The second-order valence-electron chi connectivity index (χ2n) is 8.04. The molecular formula is C26H27N3O6S. The van der Waals surface area contributed by atoms with Crippen LogP contribution in [0.4, 0.5) is 5.69 Å². The third kappa shape index (κ3) is 5.13. The number of carbonyl (C=O) groups excluding carboxylic acids is 2. The van der Waals surface area contributed by atoms with Crippen LogP contribution in [0, 0.1) is 0 Å². The van der Waals surface area contributed by atoms with Crippen LogP contribution in [0.2, 0.25) is 0 Å². The SMILES string of the molecule is CCNC(=O)c1ccc(OC)c(S(=O)(=O)N2C[C@@H](C(=O)NCc3ccccc3)Oc3ccccc32)c1. The molecule has 1 aliphatic heterocycles. The average Bonchev–Trinajstić information content (AvgIpc) is 2.91. The minimum atomic E-state index is -4.25. The molecule has 3 aromatic rings. The number of hydrogen-bond donors (Lipinski definition) is 2. The van der Waals surface area contributed by atoms with Gasteiger partial charge in [-0.3, -0.25) is 13.9 Å². The van der Waals surface area contributed by atoms with E-state index >= 15 is 0 Å². The van der Waals surface area contributed by atoms with E-state index in [2.05, 4.69) is 10.6 Å². The largest absolute Gasteiger partial charge is 0.495 e. The van der Waals surface area contributed by atoms with Crippen LogP contribution in [-0.4, -0.2) is 46.5 Å². The highest BCUT2D eigenvalue weighted by Crippen LogP contribution is 2.39. The number of hydrogen-bond acceptors (Lipinski definition) is 6. The number of benzene rings is 3. The maximum atomic E-state index is 13.9. The summed E-state index contributed by atoms with van der Waals surface area (Å²) in [5, 5.41) is 5.47. The summed E-state index contributed by atoms with van der Waals surface area (Å²) in [6, 6.07) is 20.2. The van der Waals surface area contributed by atoms with Crippen LogP contribution in [-0.2, 0) is 21.4 Å². The molecule has 0 saturated heterocycles. The first-order chi connectivity index (χ1) is 17.3. The second-order valence-corrected chi connectivity index (χ2v) is 9.87. The number of rotatable bonds is 8. The Morgan fingerprint density at radius 2 is 1.75 bits per heavy atom. The van der Waals surface area contributed by atoms with Crippen LogP contribution < -0.4 is 24.4 Å². The summed E-state index contributed by atoms with van der Waals surface area (Å²) in [6.07, 6.45) is -1.09. The predicted octanol–water partition coefficient (Wildman–Crippen LogP) is 2.72. The first kappa shape index (κ1) is 25.1. The number of nitrogens with zero attached hydrogens (tertiary/aromatic N) is 1. The van der Waals surface area contributed by atoms with E-state index in [-0.39, 0.29) is 40.7 Å². The number of para-hydroxylation sites is 2. The molecule has 0 bridgehead atoms. The molecule has 2 N–H and O–H groups in total. The summed E-state index contributed by atoms with van der Waals surface area (Å²) in [6.45, 7) is 2.18. The van der Waals surface area contributed by atoms with Crippen molar-refractivity contribution in [1.82, 2.24) is 10.6 Å². The number of anilines is 1. The molecule has 10 heteroatoms. The summed E-state index contributed by atoms with van der Waals surface area (Å²) in [4.78, 5) is 25.2. The minimum absolute atomic E-state index is 0.0806. The minimum Gasteiger partial charge on any atom is -0.495 e. The van der Waals surface area contributed by atoms with Crippen molar-refractivity contribution in [3.8, 4) is 11.5 Å². The molecule has 1 aliphatic rings. The molecule has 3 aromatic carbocycles. The Kier molecular flexibility index (Phi) is 7.44. The van der Waals surface area contributed by atoms with E-state index in [1.807, 2.05) is 30.3 Å². The Bertz CT molecular complexity index is 1360. The van der Waals surface area contributed by atoms with Crippen LogP contribution >= 0.6 is 0 Å². The number of amides is 2. The quantitative estimate of drug-likeness (QED) is 0.483. The van der Waals surface area contributed by atoms with Gasteiger partial charge in [0.1, 0.15) is 16.4 Å². The van der Waals surface area contributed by atoms with Gasteiger partial charge >= 0.3 is 0 Å². The van der Waals surface area contributed by atoms with Gasteiger partial charge in [0.15, 0.2) is 6.10 Å². The standard InChI is InChI=1S/C26H27N3O6S/c1-3-27-25(30)19-13-14-22(34-2)24(15-19)36(32,33)29-17-23(35-21-12-8-7-11-20(21)29)26(31)28-16-18-9-5-4-6-10-18/h4-15,23H,3,16-17H2,1-2H3,(H,27,30)(H,28,31)/t23-/m0/s1. The molecule has 36 heavy (non-hydrogen) atoms. The van der Waals surface area contributed by atoms with Crippen molar-refractivity contribution in [3.05, 3.63) is 83.9 Å². The van der Waals surface area contributed by atoms with Crippen molar-refractivity contribution in [1.29, 1.82) is 0 Å². The molecule has 0 fully saturated rings. The number of carbonyl (C=O) groups is 2. The van der Waals surface area contributed by atoms with Gasteiger partial charge in [-0.15, -0.1) is 0 Å². The van der Waals surface area contributed by atoms with Gasteiger partial charge in [0.25, 0.3) is 21.8 Å². The fourth-order valence-corrected chi connectivity index (χ4v) is 5.53. The van der Waals surface area contributed by atoms with Gasteiger partial charge in [-0.1, -0.05) is 42.5 Å². The number of nitrogens with one attached hydrogen (secondary N) is 2. The molecule has 0 saturated carbocycles. The molecule has 1 heterocycles. The van der Waals surface area contributed by atoms with Crippen LogP contribution in [0.25, 0.3) is 0 Å². The molecule has 188 valence electrons. The van der Waals surface area contributed by atoms with Crippen molar-refractivity contribution in [3.63, 3.8) is 0 Å². The molecule has 9 nitrogen and oxygen atoms in total. The third-order valence-corrected chi connectivity index (χ3v) is 7.47. The highest BCUT2D eigenvalue weighted by molar-refractivity contribution is 7.93. The van der Waals surface area contributed by atoms with Crippen molar-refractivity contribution in [2.24, 2.45) is 0 Å².